The van der Waals surface area contributed by atoms with Crippen molar-refractivity contribution in [3.63, 3.8) is 0 Å². The molecule has 1 fully saturated rings. The maximum atomic E-state index is 13.8. The molecule has 1 aliphatic carbocycles. The van der Waals surface area contributed by atoms with Crippen LogP contribution in [0.2, 0.25) is 0 Å². The topological polar surface area (TPSA) is 82.3 Å². The number of hydrogen-bond donors (Lipinski definition) is 1. The van der Waals surface area contributed by atoms with Gasteiger partial charge >= 0.3 is 11.8 Å². The molecule has 0 spiro atoms. The Balaban J connectivity index is 1.99. The van der Waals surface area contributed by atoms with Crippen molar-refractivity contribution >= 4 is 34.8 Å². The minimum Gasteiger partial charge on any atom is -0.416 e. The van der Waals surface area contributed by atoms with Gasteiger partial charge in [-0.1, -0.05) is 33.8 Å². The summed E-state index contributed by atoms with van der Waals surface area (Å²) in [7, 11) is 0. The van der Waals surface area contributed by atoms with E-state index in [-0.39, 0.29) is 42.3 Å². The summed E-state index contributed by atoms with van der Waals surface area (Å²) in [5.41, 5.74) is 0.956. The van der Waals surface area contributed by atoms with E-state index in [0.29, 0.717) is 22.9 Å². The molecule has 3 atom stereocenters. The Hall–Kier alpha value is -2.48. The molecule has 180 valence electrons. The standard InChI is InChI=1S/C25H35N3O4S/c1-15(2)19-9-7-17(5)13-20(19)23(29)28-21-10-8-18(33-6)14-22(21)27(25(28)31)12-11-26-24(30)32-16(3)4/h8,10,14-15,17,19-20H,3,7,9,11-13H2,1-2,4-6H3,(H,26,30)/t17-,19+,20-/m1/s1. The molecule has 2 aromatic rings. The van der Waals surface area contributed by atoms with Crippen molar-refractivity contribution in [2.75, 3.05) is 12.8 Å². The highest BCUT2D eigenvalue weighted by Crippen LogP contribution is 2.39. The molecule has 1 saturated carbocycles. The number of fused-ring (bicyclic) bond motifs is 1. The van der Waals surface area contributed by atoms with Gasteiger partial charge in [0.05, 0.1) is 16.8 Å². The van der Waals surface area contributed by atoms with Crippen LogP contribution in [-0.2, 0) is 11.3 Å². The van der Waals surface area contributed by atoms with Crippen molar-refractivity contribution in [2.24, 2.45) is 23.7 Å². The summed E-state index contributed by atoms with van der Waals surface area (Å²) in [6.07, 6.45) is 4.28. The smallest absolute Gasteiger partial charge is 0.412 e. The maximum Gasteiger partial charge on any atom is 0.412 e. The third kappa shape index (κ3) is 5.54. The van der Waals surface area contributed by atoms with Crippen LogP contribution >= 0.6 is 11.8 Å². The van der Waals surface area contributed by atoms with Crippen molar-refractivity contribution in [2.45, 2.75) is 58.4 Å². The highest BCUT2D eigenvalue weighted by molar-refractivity contribution is 7.98. The number of amides is 1. The first-order valence-electron chi connectivity index (χ1n) is 11.6. The third-order valence-corrected chi connectivity index (χ3v) is 7.29. The minimum atomic E-state index is -0.615. The van der Waals surface area contributed by atoms with Gasteiger partial charge in [0, 0.05) is 23.9 Å². The van der Waals surface area contributed by atoms with Crippen LogP contribution in [0.1, 0.15) is 51.8 Å². The quantitative estimate of drug-likeness (QED) is 0.445. The first-order chi connectivity index (χ1) is 15.6. The molecule has 0 saturated heterocycles. The highest BCUT2D eigenvalue weighted by atomic mass is 32.2. The SMILES string of the molecule is C=C(C)OC(=O)NCCn1c(=O)n(C(=O)[C@@H]2C[C@H](C)CC[C@H]2C(C)C)c2ccc(SC)cc21. The molecule has 0 bridgehead atoms. The van der Waals surface area contributed by atoms with Crippen molar-refractivity contribution in [3.8, 4) is 0 Å². The summed E-state index contributed by atoms with van der Waals surface area (Å²) in [5.74, 6) is 1.11. The molecule has 1 aromatic heterocycles. The predicted octanol–water partition coefficient (Wildman–Crippen LogP) is 5.13. The van der Waals surface area contributed by atoms with Crippen LogP contribution in [-0.4, -0.2) is 33.9 Å². The third-order valence-electron chi connectivity index (χ3n) is 6.57. The number of nitrogens with one attached hydrogen (secondary N) is 1. The molecule has 1 amide bonds. The Bertz CT molecular complexity index is 1100. The van der Waals surface area contributed by atoms with Gasteiger partial charge in [-0.3, -0.25) is 9.36 Å². The van der Waals surface area contributed by atoms with Crippen molar-refractivity contribution in [1.82, 2.24) is 14.5 Å². The number of rotatable bonds is 7. The second-order valence-electron chi connectivity index (χ2n) is 9.41. The zero-order chi connectivity index (χ0) is 24.3. The van der Waals surface area contributed by atoms with Gasteiger partial charge in [-0.15, -0.1) is 11.8 Å². The molecule has 1 heterocycles. The number of nitrogens with zero attached hydrogens (tertiary/aromatic N) is 2. The lowest BCUT2D eigenvalue weighted by Gasteiger charge is -2.36. The number of imidazole rings is 1. The van der Waals surface area contributed by atoms with Crippen molar-refractivity contribution in [3.05, 3.63) is 41.0 Å². The van der Waals surface area contributed by atoms with Crippen LogP contribution in [0, 0.1) is 23.7 Å². The lowest BCUT2D eigenvalue weighted by atomic mass is 9.69. The van der Waals surface area contributed by atoms with Gasteiger partial charge < -0.3 is 10.1 Å². The average molecular weight is 474 g/mol. The molecule has 0 aliphatic heterocycles. The monoisotopic (exact) mass is 473 g/mol. The lowest BCUT2D eigenvalue weighted by molar-refractivity contribution is 0.0633. The van der Waals surface area contributed by atoms with Gasteiger partial charge in [-0.05, 0) is 62.0 Å². The zero-order valence-electron chi connectivity index (χ0n) is 20.2. The Morgan fingerprint density at radius 1 is 1.27 bits per heavy atom. The second kappa shape index (κ2) is 10.6. The summed E-state index contributed by atoms with van der Waals surface area (Å²) in [6.45, 7) is 12.1. The summed E-state index contributed by atoms with van der Waals surface area (Å²) in [5, 5.41) is 2.63. The highest BCUT2D eigenvalue weighted by Gasteiger charge is 2.37. The summed E-state index contributed by atoms with van der Waals surface area (Å²) >= 11 is 1.58. The molecule has 8 heteroatoms. The summed E-state index contributed by atoms with van der Waals surface area (Å²) < 4.78 is 7.85. The van der Waals surface area contributed by atoms with Crippen LogP contribution in [0.5, 0.6) is 0 Å². The Kier molecular flexibility index (Phi) is 8.10. The van der Waals surface area contributed by atoms with E-state index in [1.54, 1.807) is 23.3 Å². The largest absolute Gasteiger partial charge is 0.416 e. The molecule has 1 aromatic carbocycles. The van der Waals surface area contributed by atoms with E-state index in [4.69, 9.17) is 4.74 Å². The number of allylic oxidation sites excluding steroid dienone is 1. The van der Waals surface area contributed by atoms with Crippen molar-refractivity contribution in [1.29, 1.82) is 0 Å². The fourth-order valence-electron chi connectivity index (χ4n) is 4.91. The fraction of sp³-hybridized carbons (Fsp3) is 0.560. The van der Waals surface area contributed by atoms with Gasteiger partial charge in [0.2, 0.25) is 5.91 Å². The van der Waals surface area contributed by atoms with E-state index in [2.05, 4.69) is 32.7 Å². The zero-order valence-corrected chi connectivity index (χ0v) is 21.0. The molecule has 33 heavy (non-hydrogen) atoms. The molecule has 1 N–H and O–H groups in total. The molecule has 0 unspecified atom stereocenters. The molecular formula is C25H35N3O4S. The van der Waals surface area contributed by atoms with E-state index >= 15 is 0 Å². The molecular weight excluding hydrogens is 438 g/mol. The van der Waals surface area contributed by atoms with Gasteiger partial charge in [-0.25, -0.2) is 14.2 Å². The van der Waals surface area contributed by atoms with Crippen LogP contribution in [0.25, 0.3) is 11.0 Å². The van der Waals surface area contributed by atoms with Gasteiger partial charge in [-0.2, -0.15) is 0 Å². The van der Waals surface area contributed by atoms with Gasteiger partial charge in [0.25, 0.3) is 0 Å². The van der Waals surface area contributed by atoms with Crippen LogP contribution < -0.4 is 11.0 Å². The second-order valence-corrected chi connectivity index (χ2v) is 10.3. The van der Waals surface area contributed by atoms with E-state index in [9.17, 15) is 14.4 Å². The Morgan fingerprint density at radius 2 is 2.00 bits per heavy atom. The number of aromatic nitrogens is 2. The predicted molar refractivity (Wildman–Crippen MR) is 133 cm³/mol. The number of thioether (sulfide) groups is 1. The maximum absolute atomic E-state index is 13.8. The summed E-state index contributed by atoms with van der Waals surface area (Å²) in [4.78, 5) is 40.1. The number of carbonyl (C=O) groups is 2. The average Bonchev–Trinajstić information content (AvgIpc) is 3.03. The van der Waals surface area contributed by atoms with Gasteiger partial charge in [0.1, 0.15) is 0 Å². The first-order valence-corrected chi connectivity index (χ1v) is 12.8. The molecule has 7 nitrogen and oxygen atoms in total. The van der Waals surface area contributed by atoms with E-state index in [1.807, 2.05) is 24.5 Å². The Labute approximate surface area is 199 Å². The number of carbonyl (C=O) groups excluding carboxylic acids is 2. The fourth-order valence-corrected chi connectivity index (χ4v) is 5.34. The lowest BCUT2D eigenvalue weighted by Crippen LogP contribution is -2.40. The van der Waals surface area contributed by atoms with E-state index < -0.39 is 6.09 Å². The van der Waals surface area contributed by atoms with Gasteiger partial charge in [0.15, 0.2) is 0 Å². The number of alkyl carbamates (subject to hydrolysis) is 1. The Morgan fingerprint density at radius 3 is 2.64 bits per heavy atom. The first kappa shape index (κ1) is 25.1. The normalized spacial score (nSPS) is 20.7. The number of ether oxygens (including phenoxy) is 1. The number of hydrogen-bond acceptors (Lipinski definition) is 5. The molecule has 0 radical (unpaired) electrons. The molecule has 1 aliphatic rings. The van der Waals surface area contributed by atoms with E-state index in [1.165, 1.54) is 4.57 Å². The van der Waals surface area contributed by atoms with Crippen LogP contribution in [0.3, 0.4) is 0 Å². The van der Waals surface area contributed by atoms with Crippen LogP contribution in [0.15, 0.2) is 40.2 Å². The molecule has 3 rings (SSSR count). The van der Waals surface area contributed by atoms with E-state index in [0.717, 1.165) is 24.2 Å². The van der Waals surface area contributed by atoms with Crippen LogP contribution in [0.4, 0.5) is 4.79 Å². The summed E-state index contributed by atoms with van der Waals surface area (Å²) in [6, 6.07) is 5.73. The van der Waals surface area contributed by atoms with Crippen molar-refractivity contribution < 1.29 is 14.3 Å². The minimum absolute atomic E-state index is 0.111. The number of benzene rings is 1.